The lowest BCUT2D eigenvalue weighted by Gasteiger charge is -2.22. The van der Waals surface area contributed by atoms with E-state index < -0.39 is 10.0 Å². The molecule has 8 heteroatoms. The van der Waals surface area contributed by atoms with Crippen molar-refractivity contribution in [3.05, 3.63) is 95.0 Å². The number of carbonyl (C=O) groups is 1. The molecule has 0 fully saturated rings. The Morgan fingerprint density at radius 1 is 0.968 bits per heavy atom. The van der Waals surface area contributed by atoms with Crippen molar-refractivity contribution in [2.45, 2.75) is 6.54 Å². The second kappa shape index (κ2) is 10.3. The van der Waals surface area contributed by atoms with Gasteiger partial charge >= 0.3 is 0 Å². The zero-order valence-electron chi connectivity index (χ0n) is 17.0. The Balaban J connectivity index is 1.55. The van der Waals surface area contributed by atoms with E-state index in [4.69, 9.17) is 16.3 Å². The number of ether oxygens (including phenoxy) is 1. The molecular formula is C23H23ClN2O4S. The minimum Gasteiger partial charge on any atom is -0.492 e. The van der Waals surface area contributed by atoms with Crippen molar-refractivity contribution in [1.29, 1.82) is 0 Å². The maximum absolute atomic E-state index is 12.3. The number of amides is 1. The molecule has 0 radical (unpaired) electrons. The average molecular weight is 459 g/mol. The van der Waals surface area contributed by atoms with Gasteiger partial charge in [0.1, 0.15) is 12.4 Å². The molecule has 3 aromatic rings. The van der Waals surface area contributed by atoms with Gasteiger partial charge in [0.15, 0.2) is 0 Å². The van der Waals surface area contributed by atoms with Gasteiger partial charge in [-0.25, -0.2) is 8.42 Å². The van der Waals surface area contributed by atoms with Gasteiger partial charge in [0.05, 0.1) is 25.0 Å². The first kappa shape index (κ1) is 22.7. The van der Waals surface area contributed by atoms with E-state index in [1.807, 2.05) is 6.07 Å². The molecule has 0 heterocycles. The Morgan fingerprint density at radius 2 is 1.61 bits per heavy atom. The molecule has 162 valence electrons. The second-order valence-electron chi connectivity index (χ2n) is 6.86. The number of sulfonamides is 1. The molecule has 0 unspecified atom stereocenters. The fourth-order valence-electron chi connectivity index (χ4n) is 2.89. The molecular weight excluding hydrogens is 436 g/mol. The fraction of sp³-hybridized carbons (Fsp3) is 0.174. The largest absolute Gasteiger partial charge is 0.492 e. The van der Waals surface area contributed by atoms with Crippen molar-refractivity contribution >= 4 is 33.2 Å². The highest BCUT2D eigenvalue weighted by Gasteiger charge is 2.17. The maximum atomic E-state index is 12.3. The molecule has 0 saturated carbocycles. The Bertz CT molecular complexity index is 1100. The van der Waals surface area contributed by atoms with E-state index in [1.54, 1.807) is 72.8 Å². The van der Waals surface area contributed by atoms with Gasteiger partial charge in [-0.1, -0.05) is 41.9 Å². The third-order valence-corrected chi connectivity index (χ3v) is 5.85. The highest BCUT2D eigenvalue weighted by molar-refractivity contribution is 7.92. The van der Waals surface area contributed by atoms with E-state index in [1.165, 1.54) is 10.6 Å². The van der Waals surface area contributed by atoms with Crippen LogP contribution < -0.4 is 14.4 Å². The molecule has 0 aromatic heterocycles. The zero-order valence-corrected chi connectivity index (χ0v) is 18.6. The van der Waals surface area contributed by atoms with Gasteiger partial charge in [0.2, 0.25) is 10.0 Å². The Kier molecular flexibility index (Phi) is 7.55. The summed E-state index contributed by atoms with van der Waals surface area (Å²) in [6.45, 7) is 0.852. The summed E-state index contributed by atoms with van der Waals surface area (Å²) >= 11 is 5.83. The average Bonchev–Trinajstić information content (AvgIpc) is 2.76. The first-order valence-electron chi connectivity index (χ1n) is 9.61. The summed E-state index contributed by atoms with van der Waals surface area (Å²) in [6.07, 6.45) is 1.17. The van der Waals surface area contributed by atoms with Crippen LogP contribution in [0.1, 0.15) is 15.9 Å². The van der Waals surface area contributed by atoms with Crippen LogP contribution in [0.5, 0.6) is 5.75 Å². The van der Waals surface area contributed by atoms with Gasteiger partial charge in [0.25, 0.3) is 5.91 Å². The first-order chi connectivity index (χ1) is 14.8. The molecule has 0 atom stereocenters. The van der Waals surface area contributed by atoms with Crippen LogP contribution >= 0.6 is 11.6 Å². The summed E-state index contributed by atoms with van der Waals surface area (Å²) in [5, 5.41) is 3.43. The summed E-state index contributed by atoms with van der Waals surface area (Å²) in [5.74, 6) is 0.450. The molecule has 0 aliphatic heterocycles. The maximum Gasteiger partial charge on any atom is 0.251 e. The van der Waals surface area contributed by atoms with E-state index >= 15 is 0 Å². The lowest BCUT2D eigenvalue weighted by Crippen LogP contribution is -2.29. The molecule has 3 rings (SSSR count). The quantitative estimate of drug-likeness (QED) is 0.489. The van der Waals surface area contributed by atoms with Crippen LogP contribution in [0.3, 0.4) is 0 Å². The van der Waals surface area contributed by atoms with Crippen LogP contribution in [0.2, 0.25) is 5.02 Å². The molecule has 6 nitrogen and oxygen atoms in total. The molecule has 0 aliphatic rings. The van der Waals surface area contributed by atoms with Gasteiger partial charge in [-0.3, -0.25) is 9.10 Å². The molecule has 1 N–H and O–H groups in total. The van der Waals surface area contributed by atoms with Crippen LogP contribution in [0.15, 0.2) is 78.9 Å². The van der Waals surface area contributed by atoms with E-state index in [0.717, 1.165) is 5.56 Å². The number of halogens is 1. The van der Waals surface area contributed by atoms with E-state index in [2.05, 4.69) is 5.32 Å². The number of benzene rings is 3. The highest BCUT2D eigenvalue weighted by atomic mass is 35.5. The summed E-state index contributed by atoms with van der Waals surface area (Å²) in [5.41, 5.74) is 1.85. The Hall–Kier alpha value is -3.03. The molecule has 0 saturated heterocycles. The van der Waals surface area contributed by atoms with Crippen molar-refractivity contribution in [2.24, 2.45) is 0 Å². The molecule has 0 aliphatic carbocycles. The summed E-state index contributed by atoms with van der Waals surface area (Å²) < 4.78 is 31.3. The van der Waals surface area contributed by atoms with E-state index in [-0.39, 0.29) is 12.5 Å². The molecule has 3 aromatic carbocycles. The predicted molar refractivity (Wildman–Crippen MR) is 123 cm³/mol. The number of para-hydroxylation sites is 1. The fourth-order valence-corrected chi connectivity index (χ4v) is 3.90. The number of carbonyl (C=O) groups excluding carboxylic acids is 1. The normalized spacial score (nSPS) is 11.0. The third-order valence-electron chi connectivity index (χ3n) is 4.46. The van der Waals surface area contributed by atoms with Crippen LogP contribution in [0.4, 0.5) is 5.69 Å². The van der Waals surface area contributed by atoms with Crippen molar-refractivity contribution < 1.29 is 17.9 Å². The molecule has 1 amide bonds. The molecule has 0 bridgehead atoms. The van der Waals surface area contributed by atoms with E-state index in [9.17, 15) is 13.2 Å². The standard InChI is InChI=1S/C23H23ClN2O4S/c1-31(28,29)26(21-5-3-2-4-6-21)17-18-7-9-19(10-8-18)23(27)25-15-16-30-22-13-11-20(24)12-14-22/h2-14H,15-17H2,1H3,(H,25,27). The topological polar surface area (TPSA) is 75.7 Å². The minimum absolute atomic E-state index is 0.180. The number of anilines is 1. The second-order valence-corrected chi connectivity index (χ2v) is 9.20. The molecule has 31 heavy (non-hydrogen) atoms. The summed E-state index contributed by atoms with van der Waals surface area (Å²) in [7, 11) is -3.45. The van der Waals surface area contributed by atoms with Gasteiger partial charge < -0.3 is 10.1 Å². The number of rotatable bonds is 9. The number of hydrogen-bond donors (Lipinski definition) is 1. The summed E-state index contributed by atoms with van der Waals surface area (Å²) in [4.78, 5) is 12.3. The number of nitrogens with one attached hydrogen (secondary N) is 1. The minimum atomic E-state index is -3.45. The van der Waals surface area contributed by atoms with Crippen LogP contribution in [0.25, 0.3) is 0 Å². The van der Waals surface area contributed by atoms with Gasteiger partial charge in [-0.15, -0.1) is 0 Å². The SMILES string of the molecule is CS(=O)(=O)N(Cc1ccc(C(=O)NCCOc2ccc(Cl)cc2)cc1)c1ccccc1. The lowest BCUT2D eigenvalue weighted by molar-refractivity contribution is 0.0947. The molecule has 0 spiro atoms. The number of nitrogens with zero attached hydrogens (tertiary/aromatic N) is 1. The van der Waals surface area contributed by atoms with Crippen LogP contribution in [0, 0.1) is 0 Å². The zero-order chi connectivity index (χ0) is 22.3. The van der Waals surface area contributed by atoms with E-state index in [0.29, 0.717) is 35.2 Å². The van der Waals surface area contributed by atoms with Crippen molar-refractivity contribution in [1.82, 2.24) is 5.32 Å². The Labute approximate surface area is 187 Å². The summed E-state index contributed by atoms with van der Waals surface area (Å²) in [6, 6.07) is 22.7. The smallest absolute Gasteiger partial charge is 0.251 e. The highest BCUT2D eigenvalue weighted by Crippen LogP contribution is 2.20. The Morgan fingerprint density at radius 3 is 2.23 bits per heavy atom. The lowest BCUT2D eigenvalue weighted by atomic mass is 10.1. The van der Waals surface area contributed by atoms with Crippen LogP contribution in [-0.2, 0) is 16.6 Å². The van der Waals surface area contributed by atoms with Crippen LogP contribution in [-0.4, -0.2) is 33.7 Å². The van der Waals surface area contributed by atoms with Crippen molar-refractivity contribution in [2.75, 3.05) is 23.7 Å². The van der Waals surface area contributed by atoms with Gasteiger partial charge in [-0.2, -0.15) is 0 Å². The predicted octanol–water partition coefficient (Wildman–Crippen LogP) is 4.12. The first-order valence-corrected chi connectivity index (χ1v) is 11.8. The number of hydrogen-bond acceptors (Lipinski definition) is 4. The van der Waals surface area contributed by atoms with Crippen molar-refractivity contribution in [3.63, 3.8) is 0 Å². The van der Waals surface area contributed by atoms with Gasteiger partial charge in [0, 0.05) is 10.6 Å². The van der Waals surface area contributed by atoms with Crippen molar-refractivity contribution in [3.8, 4) is 5.75 Å². The third kappa shape index (κ3) is 6.73. The monoisotopic (exact) mass is 458 g/mol. The van der Waals surface area contributed by atoms with Gasteiger partial charge in [-0.05, 0) is 54.1 Å².